The zero-order chi connectivity index (χ0) is 29.8. The topological polar surface area (TPSA) is 118 Å². The van der Waals surface area contributed by atoms with Gasteiger partial charge in [-0.05, 0) is 56.7 Å². The quantitative estimate of drug-likeness (QED) is 0.159. The molecule has 0 saturated heterocycles. The largest absolute Gasteiger partial charge is 0.501 e. The predicted molar refractivity (Wildman–Crippen MR) is 164 cm³/mol. The third-order valence-electron chi connectivity index (χ3n) is 5.50. The molecule has 0 bridgehead atoms. The molecule has 1 aromatic heterocycles. The lowest BCUT2D eigenvalue weighted by Gasteiger charge is -2.12. The first-order valence-corrected chi connectivity index (χ1v) is 12.6. The fourth-order valence-corrected chi connectivity index (χ4v) is 3.65. The number of para-hydroxylation sites is 2. The number of rotatable bonds is 6. The molecule has 5 rings (SSSR count). The van der Waals surface area contributed by atoms with Gasteiger partial charge in [0.2, 0.25) is 0 Å². The predicted octanol–water partition coefficient (Wildman–Crippen LogP) is 5.75. The number of nitrogens with zero attached hydrogens (tertiary/aromatic N) is 4. The van der Waals surface area contributed by atoms with Crippen molar-refractivity contribution in [1.29, 1.82) is 0 Å². The maximum absolute atomic E-state index is 12.2. The molecule has 0 fully saturated rings. The summed E-state index contributed by atoms with van der Waals surface area (Å²) in [7, 11) is 1.50. The first-order valence-electron chi connectivity index (χ1n) is 12.6. The molecule has 2 aromatic carbocycles. The minimum absolute atomic E-state index is 0. The van der Waals surface area contributed by atoms with Crippen molar-refractivity contribution in [2.45, 2.75) is 28.2 Å². The standard InChI is InChI=1S/C14H10N2O2.C10H7NO2.C7H13NO2.CH4.H2/c1-9-7-11-12(15-8-9)14(18)16(13(11)17)10-5-3-2-4-6-10;12-9-6-7-10(13)11(9)8-4-2-1-3-5-8;1-4-10-6-7(2)5-8-9-3;;/h2-8H,1H3;1-7H;5-6H,4H2,1-3H3;1H4;1H/b;;7-6+,8-5+;;/i;;;;1+1. The summed E-state index contributed by atoms with van der Waals surface area (Å²) in [6.45, 7) is 6.34. The van der Waals surface area contributed by atoms with Crippen LogP contribution in [0.4, 0.5) is 11.4 Å². The third kappa shape index (κ3) is 8.31. The van der Waals surface area contributed by atoms with Gasteiger partial charge in [0.15, 0.2) is 0 Å². The van der Waals surface area contributed by atoms with Crippen LogP contribution in [0.25, 0.3) is 0 Å². The second kappa shape index (κ2) is 16.0. The second-order valence-electron chi connectivity index (χ2n) is 8.61. The Morgan fingerprint density at radius 3 is 1.98 bits per heavy atom. The summed E-state index contributed by atoms with van der Waals surface area (Å²) in [4.78, 5) is 57.6. The molecule has 0 saturated carbocycles. The van der Waals surface area contributed by atoms with Crippen molar-refractivity contribution >= 4 is 41.2 Å². The van der Waals surface area contributed by atoms with E-state index in [1.807, 2.05) is 32.9 Å². The minimum atomic E-state index is -0.360. The highest BCUT2D eigenvalue weighted by Gasteiger charge is 2.37. The van der Waals surface area contributed by atoms with Crippen LogP contribution >= 0.6 is 0 Å². The zero-order valence-electron chi connectivity index (χ0n) is 23.2. The number of pyridine rings is 1. The number of aryl methyl sites for hydroxylation is 1. The molecule has 10 nitrogen and oxygen atoms in total. The van der Waals surface area contributed by atoms with E-state index < -0.39 is 0 Å². The molecule has 4 amide bonds. The molecule has 10 heteroatoms. The summed E-state index contributed by atoms with van der Waals surface area (Å²) in [6, 6.07) is 19.4. The van der Waals surface area contributed by atoms with Crippen LogP contribution in [0.5, 0.6) is 0 Å². The Morgan fingerprint density at radius 2 is 1.45 bits per heavy atom. The Hall–Kier alpha value is -5.38. The van der Waals surface area contributed by atoms with E-state index in [4.69, 9.17) is 4.74 Å². The Morgan fingerprint density at radius 1 is 0.905 bits per heavy atom. The molecule has 0 radical (unpaired) electrons. The lowest BCUT2D eigenvalue weighted by Crippen LogP contribution is -2.29. The fraction of sp³-hybridized carbons (Fsp3) is 0.188. The first kappa shape index (κ1) is 32.8. The lowest BCUT2D eigenvalue weighted by molar-refractivity contribution is -0.120. The van der Waals surface area contributed by atoms with Gasteiger partial charge in [-0.1, -0.05) is 49.0 Å². The molecule has 42 heavy (non-hydrogen) atoms. The molecule has 0 atom stereocenters. The first-order chi connectivity index (χ1) is 19.8. The van der Waals surface area contributed by atoms with Crippen LogP contribution in [0.1, 0.15) is 49.1 Å². The van der Waals surface area contributed by atoms with Gasteiger partial charge in [0.25, 0.3) is 23.6 Å². The lowest BCUT2D eigenvalue weighted by atomic mass is 10.2. The van der Waals surface area contributed by atoms with Gasteiger partial charge >= 0.3 is 0 Å². The van der Waals surface area contributed by atoms with Gasteiger partial charge in [-0.3, -0.25) is 19.2 Å². The summed E-state index contributed by atoms with van der Waals surface area (Å²) >= 11 is 0. The minimum Gasteiger partial charge on any atom is -0.501 e. The smallest absolute Gasteiger partial charge is 0.284 e. The summed E-state index contributed by atoms with van der Waals surface area (Å²) in [5.41, 5.74) is 3.59. The van der Waals surface area contributed by atoms with E-state index in [-0.39, 0.29) is 38.2 Å². The monoisotopic (exact) mass is 573 g/mol. The van der Waals surface area contributed by atoms with E-state index in [0.717, 1.165) is 20.9 Å². The number of hydrogen-bond acceptors (Lipinski definition) is 8. The molecular weight excluding hydrogens is 536 g/mol. The highest BCUT2D eigenvalue weighted by molar-refractivity contribution is 6.33. The molecule has 0 N–H and O–H groups in total. The maximum atomic E-state index is 12.2. The number of carbonyl (C=O) groups excluding carboxylic acids is 4. The van der Waals surface area contributed by atoms with Crippen molar-refractivity contribution in [3.8, 4) is 0 Å². The van der Waals surface area contributed by atoms with Crippen molar-refractivity contribution in [1.82, 2.24) is 4.98 Å². The van der Waals surface area contributed by atoms with E-state index in [1.165, 1.54) is 19.3 Å². The highest BCUT2D eigenvalue weighted by Crippen LogP contribution is 2.27. The highest BCUT2D eigenvalue weighted by atomic mass is 16.6. The zero-order valence-corrected chi connectivity index (χ0v) is 23.2. The van der Waals surface area contributed by atoms with E-state index in [2.05, 4.69) is 15.0 Å². The molecule has 0 aliphatic carbocycles. The van der Waals surface area contributed by atoms with Crippen LogP contribution in [-0.4, -0.2) is 48.5 Å². The van der Waals surface area contributed by atoms with Gasteiger partial charge in [0.05, 0.1) is 36.0 Å². The Bertz CT molecular complexity index is 1470. The van der Waals surface area contributed by atoms with Crippen LogP contribution in [0.15, 0.2) is 102 Å². The normalized spacial score (nSPS) is 13.7. The number of carbonyl (C=O) groups is 4. The number of ether oxygens (including phenoxy) is 1. The third-order valence-corrected chi connectivity index (χ3v) is 5.50. The number of allylic oxidation sites excluding steroid dienone is 1. The summed E-state index contributed by atoms with van der Waals surface area (Å²) in [5, 5.41) is 3.55. The second-order valence-corrected chi connectivity index (χ2v) is 8.61. The summed E-state index contributed by atoms with van der Waals surface area (Å²) in [6.07, 6.45) is 7.38. The summed E-state index contributed by atoms with van der Waals surface area (Å²) in [5.74, 6) is -1.23. The van der Waals surface area contributed by atoms with Gasteiger partial charge < -0.3 is 9.57 Å². The van der Waals surface area contributed by atoms with E-state index in [0.29, 0.717) is 23.5 Å². The average molecular weight is 574 g/mol. The molecule has 2 aliphatic rings. The van der Waals surface area contributed by atoms with Gasteiger partial charge in [-0.2, -0.15) is 0 Å². The molecule has 220 valence electrons. The molecule has 0 spiro atoms. The number of amides is 4. The Kier molecular flexibility index (Phi) is 12.5. The molecule has 0 unspecified atom stereocenters. The molecule has 3 heterocycles. The molecular formula is C32H36N4O6. The number of fused-ring (bicyclic) bond motifs is 1. The SMILES string of the molecule is C.CCO/C=C(C)/C=N/OC.Cc1cnc2c(c1)C(=O)N(c1ccccc1)C2=O.O=C1C=CC(=O)N1c1ccccc1.[2HH]. The van der Waals surface area contributed by atoms with Crippen molar-refractivity contribution in [3.05, 3.63) is 114 Å². The number of hydrogen-bond donors (Lipinski definition) is 0. The molecule has 2 aliphatic heterocycles. The fourth-order valence-electron chi connectivity index (χ4n) is 3.65. The van der Waals surface area contributed by atoms with E-state index in [9.17, 15) is 19.2 Å². The van der Waals surface area contributed by atoms with Crippen LogP contribution < -0.4 is 9.80 Å². The van der Waals surface area contributed by atoms with Crippen molar-refractivity contribution < 1.29 is 30.2 Å². The Labute approximate surface area is 247 Å². The van der Waals surface area contributed by atoms with Gasteiger partial charge in [0.1, 0.15) is 12.8 Å². The summed E-state index contributed by atoms with van der Waals surface area (Å²) < 4.78 is 4.98. The van der Waals surface area contributed by atoms with Crippen LogP contribution in [0, 0.1) is 6.92 Å². The number of oxime groups is 1. The van der Waals surface area contributed by atoms with Crippen molar-refractivity contribution in [3.63, 3.8) is 0 Å². The van der Waals surface area contributed by atoms with Gasteiger partial charge in [0, 0.05) is 25.3 Å². The van der Waals surface area contributed by atoms with Crippen molar-refractivity contribution in [2.75, 3.05) is 23.5 Å². The van der Waals surface area contributed by atoms with Gasteiger partial charge in [-0.15, -0.1) is 0 Å². The number of imide groups is 2. The van der Waals surface area contributed by atoms with Crippen LogP contribution in [-0.2, 0) is 19.2 Å². The Balaban J connectivity index is 0.000000331. The van der Waals surface area contributed by atoms with Crippen molar-refractivity contribution in [2.24, 2.45) is 5.16 Å². The van der Waals surface area contributed by atoms with Crippen LogP contribution in [0.3, 0.4) is 0 Å². The molecule has 3 aromatic rings. The number of benzene rings is 2. The van der Waals surface area contributed by atoms with E-state index in [1.54, 1.807) is 73.3 Å². The van der Waals surface area contributed by atoms with Gasteiger partial charge in [-0.25, -0.2) is 14.8 Å². The number of aromatic nitrogens is 1. The van der Waals surface area contributed by atoms with E-state index >= 15 is 0 Å². The van der Waals surface area contributed by atoms with Crippen LogP contribution in [0.2, 0.25) is 0 Å². The maximum Gasteiger partial charge on any atom is 0.284 e. The average Bonchev–Trinajstić information content (AvgIpc) is 3.45. The number of anilines is 2.